The Morgan fingerprint density at radius 1 is 1.58 bits per heavy atom. The number of nitrogens with two attached hydrogens (primary N) is 2. The molecule has 0 aliphatic heterocycles. The van der Waals surface area contributed by atoms with Gasteiger partial charge < -0.3 is 11.5 Å². The maximum atomic E-state index is 10.5. The van der Waals surface area contributed by atoms with E-state index in [4.69, 9.17) is 23.7 Å². The van der Waals surface area contributed by atoms with Gasteiger partial charge in [0.25, 0.3) is 0 Å². The average molecular weight is 189 g/mol. The molecule has 0 aliphatic carbocycles. The van der Waals surface area contributed by atoms with Crippen LogP contribution < -0.4 is 11.5 Å². The predicted molar refractivity (Wildman–Crippen MR) is 52.7 cm³/mol. The monoisotopic (exact) mass is 189 g/mol. The second-order valence-corrected chi connectivity index (χ2v) is 3.18. The Balaban J connectivity index is 4.11. The Bertz CT molecular complexity index is 183. The molecule has 0 aromatic rings. The van der Waals surface area contributed by atoms with Crippen molar-refractivity contribution in [1.82, 2.24) is 4.90 Å². The fourth-order valence-corrected chi connectivity index (χ4v) is 1.43. The molecule has 0 rings (SSSR count). The van der Waals surface area contributed by atoms with Gasteiger partial charge in [-0.3, -0.25) is 9.69 Å². The van der Waals surface area contributed by atoms with Crippen LogP contribution in [0.1, 0.15) is 13.3 Å². The van der Waals surface area contributed by atoms with E-state index in [-0.39, 0.29) is 18.5 Å². The zero-order valence-electron chi connectivity index (χ0n) is 7.41. The van der Waals surface area contributed by atoms with Crippen LogP contribution in [0.4, 0.5) is 0 Å². The molecule has 70 valence electrons. The Morgan fingerprint density at radius 2 is 2.08 bits per heavy atom. The van der Waals surface area contributed by atoms with E-state index in [0.717, 1.165) is 6.42 Å². The highest BCUT2D eigenvalue weighted by molar-refractivity contribution is 7.80. The number of nitrogens with zero attached hydrogens (tertiary/aromatic N) is 1. The summed E-state index contributed by atoms with van der Waals surface area (Å²) in [6, 6.07) is -0.0347. The summed E-state index contributed by atoms with van der Waals surface area (Å²) in [7, 11) is 1.78. The van der Waals surface area contributed by atoms with Crippen molar-refractivity contribution in [3.8, 4) is 0 Å². The Labute approximate surface area is 77.9 Å². The normalized spacial score (nSPS) is 12.9. The lowest BCUT2D eigenvalue weighted by molar-refractivity contribution is -0.119. The highest BCUT2D eigenvalue weighted by Crippen LogP contribution is 2.00. The minimum absolute atomic E-state index is 0.0347. The van der Waals surface area contributed by atoms with Crippen LogP contribution in [0.5, 0.6) is 0 Å². The summed E-state index contributed by atoms with van der Waals surface area (Å²) in [5.74, 6) is -0.368. The molecular formula is C7H15N3OS. The molecule has 0 spiro atoms. The lowest BCUT2D eigenvalue weighted by atomic mass is 10.2. The zero-order valence-corrected chi connectivity index (χ0v) is 8.23. The van der Waals surface area contributed by atoms with Crippen molar-refractivity contribution in [3.05, 3.63) is 0 Å². The first-order valence-corrected chi connectivity index (χ1v) is 4.17. The standard InChI is InChI=1S/C7H15N3OS/c1-3-5(7(9)12)10(2)4-6(8)11/h5H,3-4H2,1-2H3,(H2,8,11)(H2,9,12). The average Bonchev–Trinajstić information content (AvgIpc) is 1.85. The topological polar surface area (TPSA) is 72.3 Å². The van der Waals surface area contributed by atoms with Crippen LogP contribution in [0.25, 0.3) is 0 Å². The first kappa shape index (κ1) is 11.3. The van der Waals surface area contributed by atoms with Crippen molar-refractivity contribution >= 4 is 23.1 Å². The van der Waals surface area contributed by atoms with Gasteiger partial charge >= 0.3 is 0 Å². The summed E-state index contributed by atoms with van der Waals surface area (Å²) in [6.07, 6.45) is 0.791. The van der Waals surface area contributed by atoms with E-state index in [1.165, 1.54) is 0 Å². The number of carbonyl (C=O) groups is 1. The number of rotatable bonds is 5. The van der Waals surface area contributed by atoms with Crippen LogP contribution in [0.2, 0.25) is 0 Å². The third-order valence-corrected chi connectivity index (χ3v) is 1.92. The van der Waals surface area contributed by atoms with Gasteiger partial charge in [0, 0.05) is 0 Å². The van der Waals surface area contributed by atoms with Crippen LogP contribution in [0.15, 0.2) is 0 Å². The molecule has 0 radical (unpaired) electrons. The van der Waals surface area contributed by atoms with E-state index in [1.807, 2.05) is 6.92 Å². The highest BCUT2D eigenvalue weighted by atomic mass is 32.1. The Kier molecular flexibility index (Phi) is 4.77. The molecule has 0 aliphatic rings. The second kappa shape index (κ2) is 5.05. The molecule has 5 heteroatoms. The molecule has 0 bridgehead atoms. The second-order valence-electron chi connectivity index (χ2n) is 2.71. The van der Waals surface area contributed by atoms with Gasteiger partial charge in [-0.2, -0.15) is 0 Å². The molecule has 0 fully saturated rings. The summed E-state index contributed by atoms with van der Waals surface area (Å²) in [6.45, 7) is 2.15. The molecule has 0 aromatic carbocycles. The third kappa shape index (κ3) is 3.64. The van der Waals surface area contributed by atoms with E-state index >= 15 is 0 Å². The molecular weight excluding hydrogens is 174 g/mol. The number of hydrogen-bond donors (Lipinski definition) is 2. The molecule has 1 amide bonds. The van der Waals surface area contributed by atoms with Crippen molar-refractivity contribution in [2.45, 2.75) is 19.4 Å². The molecule has 4 N–H and O–H groups in total. The third-order valence-electron chi connectivity index (χ3n) is 1.65. The molecule has 0 aromatic heterocycles. The summed E-state index contributed by atoms with van der Waals surface area (Å²) >= 11 is 4.83. The number of amides is 1. The molecule has 0 heterocycles. The van der Waals surface area contributed by atoms with Crippen molar-refractivity contribution in [1.29, 1.82) is 0 Å². The van der Waals surface area contributed by atoms with Gasteiger partial charge in [-0.05, 0) is 13.5 Å². The van der Waals surface area contributed by atoms with Gasteiger partial charge in [-0.1, -0.05) is 19.1 Å². The van der Waals surface area contributed by atoms with Gasteiger partial charge in [0.05, 0.1) is 17.6 Å². The minimum Gasteiger partial charge on any atom is -0.392 e. The summed E-state index contributed by atoms with van der Waals surface area (Å²) in [4.78, 5) is 12.7. The molecule has 0 saturated heterocycles. The van der Waals surface area contributed by atoms with Gasteiger partial charge in [0.1, 0.15) is 0 Å². The van der Waals surface area contributed by atoms with Crippen molar-refractivity contribution in [3.63, 3.8) is 0 Å². The van der Waals surface area contributed by atoms with E-state index in [9.17, 15) is 4.79 Å². The lowest BCUT2D eigenvalue weighted by Gasteiger charge is -2.24. The Hall–Kier alpha value is -0.680. The maximum Gasteiger partial charge on any atom is 0.231 e. The van der Waals surface area contributed by atoms with E-state index in [0.29, 0.717) is 4.99 Å². The molecule has 0 saturated carbocycles. The van der Waals surface area contributed by atoms with Gasteiger partial charge in [-0.15, -0.1) is 0 Å². The number of hydrogen-bond acceptors (Lipinski definition) is 3. The van der Waals surface area contributed by atoms with Crippen molar-refractivity contribution in [2.75, 3.05) is 13.6 Å². The highest BCUT2D eigenvalue weighted by Gasteiger charge is 2.16. The van der Waals surface area contributed by atoms with Crippen LogP contribution >= 0.6 is 12.2 Å². The van der Waals surface area contributed by atoms with Gasteiger partial charge in [0.2, 0.25) is 5.91 Å². The molecule has 1 unspecified atom stereocenters. The Morgan fingerprint density at radius 3 is 2.33 bits per heavy atom. The van der Waals surface area contributed by atoms with Crippen LogP contribution in [0, 0.1) is 0 Å². The fourth-order valence-electron chi connectivity index (χ4n) is 1.09. The van der Waals surface area contributed by atoms with Crippen LogP contribution in [-0.2, 0) is 4.79 Å². The summed E-state index contributed by atoms with van der Waals surface area (Å²) in [5, 5.41) is 0. The predicted octanol–water partition coefficient (Wildman–Crippen LogP) is -0.532. The van der Waals surface area contributed by atoms with E-state index in [2.05, 4.69) is 0 Å². The number of primary amides is 1. The summed E-state index contributed by atoms with van der Waals surface area (Å²) < 4.78 is 0. The largest absolute Gasteiger partial charge is 0.392 e. The van der Waals surface area contributed by atoms with Crippen LogP contribution in [0.3, 0.4) is 0 Å². The fraction of sp³-hybridized carbons (Fsp3) is 0.714. The first-order valence-electron chi connectivity index (χ1n) is 3.76. The van der Waals surface area contributed by atoms with Gasteiger partial charge in [-0.25, -0.2) is 0 Å². The summed E-state index contributed by atoms with van der Waals surface area (Å²) in [5.41, 5.74) is 10.5. The molecule has 1 atom stereocenters. The first-order chi connectivity index (χ1) is 5.49. The van der Waals surface area contributed by atoms with Gasteiger partial charge in [0.15, 0.2) is 0 Å². The van der Waals surface area contributed by atoms with E-state index in [1.54, 1.807) is 11.9 Å². The molecule has 4 nitrogen and oxygen atoms in total. The zero-order chi connectivity index (χ0) is 9.72. The van der Waals surface area contributed by atoms with Crippen LogP contribution in [-0.4, -0.2) is 35.4 Å². The van der Waals surface area contributed by atoms with Crippen molar-refractivity contribution in [2.24, 2.45) is 11.5 Å². The smallest absolute Gasteiger partial charge is 0.231 e. The number of thiocarbonyl (C=S) groups is 1. The SMILES string of the molecule is CCC(C(N)=S)N(C)CC(N)=O. The number of carbonyl (C=O) groups excluding carboxylic acids is 1. The minimum atomic E-state index is -0.368. The number of likely N-dealkylation sites (N-methyl/N-ethyl adjacent to an activating group) is 1. The maximum absolute atomic E-state index is 10.5. The van der Waals surface area contributed by atoms with E-state index < -0.39 is 0 Å². The quantitative estimate of drug-likeness (QED) is 0.570. The lowest BCUT2D eigenvalue weighted by Crippen LogP contribution is -2.44. The van der Waals surface area contributed by atoms with Crippen molar-refractivity contribution < 1.29 is 4.79 Å². The molecule has 12 heavy (non-hydrogen) atoms.